The predicted molar refractivity (Wildman–Crippen MR) is 96.4 cm³/mol. The van der Waals surface area contributed by atoms with Crippen LogP contribution in [0.2, 0.25) is 0 Å². The van der Waals surface area contributed by atoms with Crippen LogP contribution < -0.4 is 14.8 Å². The summed E-state index contributed by atoms with van der Waals surface area (Å²) in [6, 6.07) is 16.4. The Balaban J connectivity index is 1.83. The molecule has 0 aromatic heterocycles. The molecule has 1 atom stereocenters. The molecule has 3 nitrogen and oxygen atoms in total. The van der Waals surface area contributed by atoms with E-state index in [9.17, 15) is 0 Å². The maximum atomic E-state index is 5.78. The van der Waals surface area contributed by atoms with Gasteiger partial charge in [-0.1, -0.05) is 26.0 Å². The predicted octanol–water partition coefficient (Wildman–Crippen LogP) is 5.26. The Morgan fingerprint density at radius 3 is 2.17 bits per heavy atom. The van der Waals surface area contributed by atoms with Crippen LogP contribution in [0.1, 0.15) is 39.2 Å². The fourth-order valence-corrected chi connectivity index (χ4v) is 2.09. The van der Waals surface area contributed by atoms with Gasteiger partial charge in [-0.25, -0.2) is 0 Å². The molecule has 0 saturated carbocycles. The number of nitrogens with one attached hydrogen (secondary N) is 1. The van der Waals surface area contributed by atoms with Gasteiger partial charge in [0, 0.05) is 12.2 Å². The highest BCUT2D eigenvalue weighted by Crippen LogP contribution is 2.19. The molecule has 3 heteroatoms. The van der Waals surface area contributed by atoms with E-state index in [1.807, 2.05) is 24.3 Å². The van der Waals surface area contributed by atoms with E-state index in [4.69, 9.17) is 9.47 Å². The Morgan fingerprint density at radius 2 is 1.57 bits per heavy atom. The van der Waals surface area contributed by atoms with Crippen LogP contribution in [0, 0.1) is 0 Å². The maximum Gasteiger partial charge on any atom is 0.119 e. The first-order valence-corrected chi connectivity index (χ1v) is 8.43. The number of benzene rings is 2. The van der Waals surface area contributed by atoms with Crippen LogP contribution in [0.15, 0.2) is 48.5 Å². The van der Waals surface area contributed by atoms with E-state index in [0.29, 0.717) is 0 Å². The Kier molecular flexibility index (Phi) is 6.79. The summed E-state index contributed by atoms with van der Waals surface area (Å²) in [5, 5.41) is 3.42. The lowest BCUT2D eigenvalue weighted by Gasteiger charge is -2.13. The highest BCUT2D eigenvalue weighted by Gasteiger charge is 2.01. The maximum absolute atomic E-state index is 5.78. The average molecular weight is 313 g/mol. The topological polar surface area (TPSA) is 30.5 Å². The van der Waals surface area contributed by atoms with E-state index in [-0.39, 0.29) is 6.10 Å². The molecule has 2 aromatic carbocycles. The van der Waals surface area contributed by atoms with Crippen molar-refractivity contribution in [1.82, 2.24) is 0 Å². The largest absolute Gasteiger partial charge is 0.494 e. The van der Waals surface area contributed by atoms with Gasteiger partial charge in [0.15, 0.2) is 0 Å². The van der Waals surface area contributed by atoms with Crippen molar-refractivity contribution in [3.63, 3.8) is 0 Å². The lowest BCUT2D eigenvalue weighted by molar-refractivity contribution is 0.217. The summed E-state index contributed by atoms with van der Waals surface area (Å²) in [4.78, 5) is 0. The van der Waals surface area contributed by atoms with E-state index in [1.165, 1.54) is 5.56 Å². The van der Waals surface area contributed by atoms with Gasteiger partial charge in [-0.3, -0.25) is 0 Å². The number of anilines is 1. The first-order chi connectivity index (χ1) is 11.2. The van der Waals surface area contributed by atoms with Gasteiger partial charge in [0.1, 0.15) is 11.5 Å². The molecule has 0 aliphatic heterocycles. The minimum absolute atomic E-state index is 0.252. The van der Waals surface area contributed by atoms with Gasteiger partial charge in [-0.15, -0.1) is 0 Å². The zero-order valence-electron chi connectivity index (χ0n) is 14.3. The van der Waals surface area contributed by atoms with Crippen LogP contribution in [0.4, 0.5) is 5.69 Å². The molecule has 0 aliphatic carbocycles. The molecule has 0 fully saturated rings. The molecule has 1 N–H and O–H groups in total. The lowest BCUT2D eigenvalue weighted by atomic mass is 10.2. The third-order valence-corrected chi connectivity index (χ3v) is 3.66. The molecule has 0 heterocycles. The molecule has 0 bridgehead atoms. The van der Waals surface area contributed by atoms with Gasteiger partial charge in [0.25, 0.3) is 0 Å². The van der Waals surface area contributed by atoms with Crippen LogP contribution >= 0.6 is 0 Å². The third-order valence-electron chi connectivity index (χ3n) is 3.66. The number of hydrogen-bond donors (Lipinski definition) is 1. The van der Waals surface area contributed by atoms with Gasteiger partial charge in [-0.2, -0.15) is 0 Å². The molecule has 2 rings (SSSR count). The summed E-state index contributed by atoms with van der Waals surface area (Å²) >= 11 is 0. The SMILES string of the molecule is CCCOc1ccc(CNc2ccc(OC(C)CC)cc2)cc1. The number of rotatable bonds is 9. The minimum atomic E-state index is 0.252. The Hall–Kier alpha value is -2.16. The lowest BCUT2D eigenvalue weighted by Crippen LogP contribution is -2.09. The first-order valence-electron chi connectivity index (χ1n) is 8.43. The fourth-order valence-electron chi connectivity index (χ4n) is 2.09. The van der Waals surface area contributed by atoms with Gasteiger partial charge in [0.2, 0.25) is 0 Å². The van der Waals surface area contributed by atoms with Gasteiger partial charge >= 0.3 is 0 Å². The number of ether oxygens (including phenoxy) is 2. The number of hydrogen-bond acceptors (Lipinski definition) is 3. The molecule has 23 heavy (non-hydrogen) atoms. The van der Waals surface area contributed by atoms with Crippen molar-refractivity contribution >= 4 is 5.69 Å². The van der Waals surface area contributed by atoms with Crippen molar-refractivity contribution in [3.8, 4) is 11.5 Å². The monoisotopic (exact) mass is 313 g/mol. The second kappa shape index (κ2) is 9.09. The molecule has 0 radical (unpaired) electrons. The third kappa shape index (κ3) is 5.85. The molecule has 1 unspecified atom stereocenters. The Labute approximate surface area is 139 Å². The molecular formula is C20H27NO2. The van der Waals surface area contributed by atoms with E-state index < -0.39 is 0 Å². The standard InChI is InChI=1S/C20H27NO2/c1-4-14-22-19-10-6-17(7-11-19)15-21-18-8-12-20(13-9-18)23-16(3)5-2/h6-13,16,21H,4-5,14-15H2,1-3H3. The zero-order valence-corrected chi connectivity index (χ0v) is 14.3. The molecule has 2 aromatic rings. The van der Waals surface area contributed by atoms with Crippen molar-refractivity contribution in [2.45, 2.75) is 46.3 Å². The van der Waals surface area contributed by atoms with Crippen LogP contribution in [0.5, 0.6) is 11.5 Å². The highest BCUT2D eigenvalue weighted by atomic mass is 16.5. The van der Waals surface area contributed by atoms with E-state index in [1.54, 1.807) is 0 Å². The second-order valence-electron chi connectivity index (χ2n) is 5.71. The van der Waals surface area contributed by atoms with Crippen molar-refractivity contribution in [2.24, 2.45) is 0 Å². The summed E-state index contributed by atoms with van der Waals surface area (Å²) in [7, 11) is 0. The summed E-state index contributed by atoms with van der Waals surface area (Å²) in [5.74, 6) is 1.85. The fraction of sp³-hybridized carbons (Fsp3) is 0.400. The second-order valence-corrected chi connectivity index (χ2v) is 5.71. The molecule has 0 spiro atoms. The van der Waals surface area contributed by atoms with Gasteiger partial charge < -0.3 is 14.8 Å². The van der Waals surface area contributed by atoms with Crippen LogP contribution in [-0.2, 0) is 6.54 Å². The van der Waals surface area contributed by atoms with Crippen LogP contribution in [-0.4, -0.2) is 12.7 Å². The smallest absolute Gasteiger partial charge is 0.119 e. The molecular weight excluding hydrogens is 286 g/mol. The molecule has 0 amide bonds. The Bertz CT molecular complexity index is 563. The minimum Gasteiger partial charge on any atom is -0.494 e. The van der Waals surface area contributed by atoms with Crippen molar-refractivity contribution < 1.29 is 9.47 Å². The summed E-state index contributed by atoms with van der Waals surface area (Å²) in [6.07, 6.45) is 2.29. The van der Waals surface area contributed by atoms with Crippen molar-refractivity contribution in [3.05, 3.63) is 54.1 Å². The average Bonchev–Trinajstić information content (AvgIpc) is 2.60. The quantitative estimate of drug-likeness (QED) is 0.684. The van der Waals surface area contributed by atoms with Crippen molar-refractivity contribution in [1.29, 1.82) is 0 Å². The molecule has 0 aliphatic rings. The van der Waals surface area contributed by atoms with Gasteiger partial charge in [-0.05, 0) is 61.7 Å². The summed E-state index contributed by atoms with van der Waals surface area (Å²) < 4.78 is 11.4. The highest BCUT2D eigenvalue weighted by molar-refractivity contribution is 5.47. The van der Waals surface area contributed by atoms with E-state index >= 15 is 0 Å². The Morgan fingerprint density at radius 1 is 0.913 bits per heavy atom. The van der Waals surface area contributed by atoms with Crippen LogP contribution in [0.3, 0.4) is 0 Å². The van der Waals surface area contributed by atoms with E-state index in [0.717, 1.165) is 43.2 Å². The molecule has 0 saturated heterocycles. The summed E-state index contributed by atoms with van der Waals surface area (Å²) in [6.45, 7) is 7.87. The van der Waals surface area contributed by atoms with Gasteiger partial charge in [0.05, 0.1) is 12.7 Å². The van der Waals surface area contributed by atoms with Crippen LogP contribution in [0.25, 0.3) is 0 Å². The zero-order chi connectivity index (χ0) is 16.5. The van der Waals surface area contributed by atoms with E-state index in [2.05, 4.69) is 50.4 Å². The summed E-state index contributed by atoms with van der Waals surface area (Å²) in [5.41, 5.74) is 2.32. The first kappa shape index (κ1) is 17.2. The normalized spacial score (nSPS) is 11.8. The molecule has 124 valence electrons. The van der Waals surface area contributed by atoms with Crippen molar-refractivity contribution in [2.75, 3.05) is 11.9 Å².